The van der Waals surface area contributed by atoms with E-state index >= 15 is 0 Å². The molecular weight excluding hydrogens is 433 g/mol. The number of pyridine rings is 1. The number of nitrogens with zero attached hydrogens (tertiary/aromatic N) is 5. The summed E-state index contributed by atoms with van der Waals surface area (Å²) in [4.78, 5) is 23.6. The summed E-state index contributed by atoms with van der Waals surface area (Å²) in [6.45, 7) is 2.96. The molecule has 0 spiro atoms. The number of rotatable bonds is 4. The first-order chi connectivity index (χ1) is 16.7. The number of nitrogens with two attached hydrogens (primary N) is 1. The van der Waals surface area contributed by atoms with Crippen LogP contribution in [0.5, 0.6) is 0 Å². The molecule has 0 atom stereocenters. The van der Waals surface area contributed by atoms with Crippen molar-refractivity contribution in [2.75, 3.05) is 36.9 Å². The number of aromatic nitrogens is 5. The highest BCUT2D eigenvalue weighted by molar-refractivity contribution is 5.93. The SMILES string of the molecule is Nc1nc(Cc2cc3cccc(N4CCOCC4)c3nc2-c2cccc(F)c2)nc2nc[nH]c12. The lowest BCUT2D eigenvalue weighted by Gasteiger charge is -2.29. The van der Waals surface area contributed by atoms with Gasteiger partial charge in [-0.25, -0.2) is 24.3 Å². The molecule has 9 heteroatoms. The van der Waals surface area contributed by atoms with Gasteiger partial charge >= 0.3 is 0 Å². The molecule has 0 aliphatic carbocycles. The van der Waals surface area contributed by atoms with Crippen LogP contribution in [0.25, 0.3) is 33.3 Å². The Morgan fingerprint density at radius 2 is 1.88 bits per heavy atom. The van der Waals surface area contributed by atoms with Crippen molar-refractivity contribution in [2.24, 2.45) is 0 Å². The lowest BCUT2D eigenvalue weighted by Crippen LogP contribution is -2.36. The molecule has 8 nitrogen and oxygen atoms in total. The Hall–Kier alpha value is -4.11. The van der Waals surface area contributed by atoms with Crippen LogP contribution >= 0.6 is 0 Å². The Kier molecular flexibility index (Phi) is 5.03. The second kappa shape index (κ2) is 8.35. The molecule has 34 heavy (non-hydrogen) atoms. The van der Waals surface area contributed by atoms with Crippen LogP contribution in [0.2, 0.25) is 0 Å². The maximum absolute atomic E-state index is 14.2. The number of halogens is 1. The van der Waals surface area contributed by atoms with Crippen molar-refractivity contribution in [1.29, 1.82) is 0 Å². The number of nitrogens with one attached hydrogen (secondary N) is 1. The number of ether oxygens (including phenoxy) is 1. The largest absolute Gasteiger partial charge is 0.382 e. The van der Waals surface area contributed by atoms with Crippen LogP contribution in [0.3, 0.4) is 0 Å². The van der Waals surface area contributed by atoms with Gasteiger partial charge in [0.1, 0.15) is 17.2 Å². The molecule has 3 N–H and O–H groups in total. The number of hydrogen-bond donors (Lipinski definition) is 2. The topological polar surface area (TPSA) is 106 Å². The van der Waals surface area contributed by atoms with E-state index in [1.807, 2.05) is 18.2 Å². The van der Waals surface area contributed by atoms with E-state index in [0.29, 0.717) is 53.7 Å². The average Bonchev–Trinajstić information content (AvgIpc) is 3.33. The number of imidazole rings is 1. The number of aromatic amines is 1. The highest BCUT2D eigenvalue weighted by atomic mass is 19.1. The second-order valence-electron chi connectivity index (χ2n) is 8.26. The second-order valence-corrected chi connectivity index (χ2v) is 8.26. The number of H-pyrrole nitrogens is 1. The first-order valence-corrected chi connectivity index (χ1v) is 11.1. The molecule has 4 heterocycles. The Labute approximate surface area is 194 Å². The minimum Gasteiger partial charge on any atom is -0.382 e. The first kappa shape index (κ1) is 20.5. The van der Waals surface area contributed by atoms with Crippen molar-refractivity contribution in [3.8, 4) is 11.3 Å². The third-order valence-corrected chi connectivity index (χ3v) is 6.06. The zero-order valence-corrected chi connectivity index (χ0v) is 18.3. The smallest absolute Gasteiger partial charge is 0.183 e. The molecule has 5 aromatic rings. The van der Waals surface area contributed by atoms with Crippen molar-refractivity contribution in [2.45, 2.75) is 6.42 Å². The molecule has 0 radical (unpaired) electrons. The van der Waals surface area contributed by atoms with E-state index in [4.69, 9.17) is 15.5 Å². The fourth-order valence-corrected chi connectivity index (χ4v) is 4.46. The van der Waals surface area contributed by atoms with Gasteiger partial charge in [-0.05, 0) is 29.8 Å². The fraction of sp³-hybridized carbons (Fsp3) is 0.200. The van der Waals surface area contributed by atoms with Crippen LogP contribution < -0.4 is 10.6 Å². The van der Waals surface area contributed by atoms with E-state index in [1.165, 1.54) is 12.1 Å². The van der Waals surface area contributed by atoms with E-state index in [-0.39, 0.29) is 5.82 Å². The highest BCUT2D eigenvalue weighted by Gasteiger charge is 2.19. The number of para-hydroxylation sites is 1. The molecule has 2 aromatic carbocycles. The summed E-state index contributed by atoms with van der Waals surface area (Å²) in [6, 6.07) is 14.7. The lowest BCUT2D eigenvalue weighted by atomic mass is 10.00. The first-order valence-electron chi connectivity index (χ1n) is 11.1. The standard InChI is InChI=1S/C25H22FN7O/c26-18-5-1-3-16(12-18)21-17(13-20-30-24(27)23-25(31-20)29-14-28-23)11-15-4-2-6-19(22(15)32-21)33-7-9-34-10-8-33/h1-6,11-12,14H,7-10,13H2,(H3,27,28,29,30,31). The van der Waals surface area contributed by atoms with Gasteiger partial charge in [-0.2, -0.15) is 0 Å². The molecule has 0 saturated carbocycles. The fourth-order valence-electron chi connectivity index (χ4n) is 4.46. The molecule has 0 bridgehead atoms. The predicted molar refractivity (Wildman–Crippen MR) is 129 cm³/mol. The quantitative estimate of drug-likeness (QED) is 0.425. The van der Waals surface area contributed by atoms with Gasteiger partial charge in [0.2, 0.25) is 0 Å². The normalized spacial score (nSPS) is 14.2. The monoisotopic (exact) mass is 455 g/mol. The molecule has 0 amide bonds. The number of benzene rings is 2. The number of hydrogen-bond acceptors (Lipinski definition) is 7. The summed E-state index contributed by atoms with van der Waals surface area (Å²) in [5.41, 5.74) is 11.4. The molecule has 170 valence electrons. The van der Waals surface area contributed by atoms with Gasteiger partial charge in [-0.1, -0.05) is 24.3 Å². The van der Waals surface area contributed by atoms with Crippen molar-refractivity contribution >= 4 is 33.6 Å². The molecule has 3 aromatic heterocycles. The highest BCUT2D eigenvalue weighted by Crippen LogP contribution is 2.33. The van der Waals surface area contributed by atoms with E-state index in [2.05, 4.69) is 37.0 Å². The summed E-state index contributed by atoms with van der Waals surface area (Å²) in [7, 11) is 0. The van der Waals surface area contributed by atoms with Crippen molar-refractivity contribution in [3.05, 3.63) is 72.1 Å². The molecule has 1 fully saturated rings. The van der Waals surface area contributed by atoms with E-state index < -0.39 is 0 Å². The Morgan fingerprint density at radius 1 is 1.03 bits per heavy atom. The number of anilines is 2. The third kappa shape index (κ3) is 3.69. The maximum atomic E-state index is 14.2. The van der Waals surface area contributed by atoms with Crippen LogP contribution in [0, 0.1) is 5.82 Å². The summed E-state index contributed by atoms with van der Waals surface area (Å²) in [6.07, 6.45) is 1.92. The zero-order valence-electron chi connectivity index (χ0n) is 18.3. The summed E-state index contributed by atoms with van der Waals surface area (Å²) < 4.78 is 19.7. The van der Waals surface area contributed by atoms with E-state index in [9.17, 15) is 4.39 Å². The van der Waals surface area contributed by atoms with Crippen LogP contribution in [0.4, 0.5) is 15.9 Å². The van der Waals surface area contributed by atoms with Crippen molar-refractivity contribution < 1.29 is 9.13 Å². The minimum absolute atomic E-state index is 0.315. The lowest BCUT2D eigenvalue weighted by molar-refractivity contribution is 0.123. The Balaban J connectivity index is 1.52. The predicted octanol–water partition coefficient (Wildman–Crippen LogP) is 3.72. The van der Waals surface area contributed by atoms with Gasteiger partial charge in [-0.3, -0.25) is 0 Å². The van der Waals surface area contributed by atoms with E-state index in [1.54, 1.807) is 12.4 Å². The van der Waals surface area contributed by atoms with Crippen LogP contribution in [0.15, 0.2) is 54.9 Å². The van der Waals surface area contributed by atoms with Gasteiger partial charge in [0.15, 0.2) is 11.5 Å². The molecule has 1 aliphatic heterocycles. The Morgan fingerprint density at radius 3 is 2.74 bits per heavy atom. The van der Waals surface area contributed by atoms with Gasteiger partial charge in [0.25, 0.3) is 0 Å². The van der Waals surface area contributed by atoms with Crippen LogP contribution in [-0.4, -0.2) is 51.2 Å². The average molecular weight is 455 g/mol. The molecule has 1 saturated heterocycles. The molecular formula is C25H22FN7O. The maximum Gasteiger partial charge on any atom is 0.183 e. The minimum atomic E-state index is -0.315. The van der Waals surface area contributed by atoms with Crippen molar-refractivity contribution in [3.63, 3.8) is 0 Å². The molecule has 1 aliphatic rings. The molecule has 6 rings (SSSR count). The van der Waals surface area contributed by atoms with Crippen LogP contribution in [0.1, 0.15) is 11.4 Å². The van der Waals surface area contributed by atoms with Gasteiger partial charge < -0.3 is 20.4 Å². The van der Waals surface area contributed by atoms with Crippen molar-refractivity contribution in [1.82, 2.24) is 24.9 Å². The van der Waals surface area contributed by atoms with Crippen LogP contribution in [-0.2, 0) is 11.2 Å². The zero-order chi connectivity index (χ0) is 23.1. The Bertz CT molecular complexity index is 1510. The third-order valence-electron chi connectivity index (χ3n) is 6.06. The van der Waals surface area contributed by atoms with Gasteiger partial charge in [0.05, 0.1) is 36.4 Å². The summed E-state index contributed by atoms with van der Waals surface area (Å²) in [5, 5.41) is 0.993. The summed E-state index contributed by atoms with van der Waals surface area (Å²) in [5.74, 6) is 0.554. The number of morpholine rings is 1. The summed E-state index contributed by atoms with van der Waals surface area (Å²) >= 11 is 0. The van der Waals surface area contributed by atoms with E-state index in [0.717, 1.165) is 35.2 Å². The van der Waals surface area contributed by atoms with Gasteiger partial charge in [0, 0.05) is 30.5 Å². The molecule has 0 unspecified atom stereocenters. The number of nitrogen functional groups attached to an aromatic ring is 1. The number of fused-ring (bicyclic) bond motifs is 2. The van der Waals surface area contributed by atoms with Gasteiger partial charge in [-0.15, -0.1) is 0 Å².